The van der Waals surface area contributed by atoms with Gasteiger partial charge in [-0.25, -0.2) is 0 Å². The maximum absolute atomic E-state index is 10.1. The molecular formula is C20H22O6. The van der Waals surface area contributed by atoms with E-state index in [0.717, 1.165) is 22.6 Å². The molecule has 0 bridgehead atoms. The van der Waals surface area contributed by atoms with Gasteiger partial charge in [-0.05, 0) is 35.4 Å². The normalized spacial score (nSPS) is 23.9. The molecule has 0 aromatic heterocycles. The van der Waals surface area contributed by atoms with Crippen molar-refractivity contribution in [1.82, 2.24) is 0 Å². The Hall–Kier alpha value is -2.44. The zero-order valence-corrected chi connectivity index (χ0v) is 14.8. The van der Waals surface area contributed by atoms with Gasteiger partial charge in [-0.1, -0.05) is 12.1 Å². The Morgan fingerprint density at radius 1 is 0.962 bits per heavy atom. The highest BCUT2D eigenvalue weighted by Crippen LogP contribution is 2.46. The van der Waals surface area contributed by atoms with Crippen molar-refractivity contribution in [3.05, 3.63) is 47.5 Å². The average Bonchev–Trinajstić information content (AvgIpc) is 3.33. The Morgan fingerprint density at radius 3 is 2.50 bits per heavy atom. The quantitative estimate of drug-likeness (QED) is 0.887. The van der Waals surface area contributed by atoms with Gasteiger partial charge < -0.3 is 28.8 Å². The van der Waals surface area contributed by atoms with Crippen LogP contribution < -0.4 is 18.9 Å². The molecule has 4 rings (SSSR count). The molecule has 2 aliphatic heterocycles. The van der Waals surface area contributed by atoms with Gasteiger partial charge in [0.05, 0.1) is 26.9 Å². The minimum Gasteiger partial charge on any atom is -0.493 e. The van der Waals surface area contributed by atoms with Crippen molar-refractivity contribution < 1.29 is 28.8 Å². The molecule has 1 fully saturated rings. The lowest BCUT2D eigenvalue weighted by molar-refractivity contribution is 0.0718. The number of ether oxygens (including phenoxy) is 5. The highest BCUT2D eigenvalue weighted by atomic mass is 16.7. The van der Waals surface area contributed by atoms with Crippen molar-refractivity contribution >= 4 is 0 Å². The molecule has 2 aromatic rings. The van der Waals surface area contributed by atoms with Crippen LogP contribution in [0, 0.1) is 5.92 Å². The maximum Gasteiger partial charge on any atom is 0.231 e. The summed E-state index contributed by atoms with van der Waals surface area (Å²) in [5.41, 5.74) is 2.04. The van der Waals surface area contributed by atoms with Gasteiger partial charge in [-0.15, -0.1) is 0 Å². The van der Waals surface area contributed by atoms with Gasteiger partial charge in [0.15, 0.2) is 23.0 Å². The summed E-state index contributed by atoms with van der Waals surface area (Å²) in [6, 6.07) is 11.6. The third kappa shape index (κ3) is 2.85. The van der Waals surface area contributed by atoms with Crippen LogP contribution in [-0.2, 0) is 4.74 Å². The standard InChI is InChI=1S/C20H22O6/c1-22-16-5-4-13(8-18(16)23-2)20-14(9-21)15(10-24-20)12-3-6-17-19(7-12)26-11-25-17/h3-8,14-15,20-21H,9-11H2,1-2H3/t14-,15+,20+/m1/s1. The summed E-state index contributed by atoms with van der Waals surface area (Å²) in [5.74, 6) is 2.83. The lowest BCUT2D eigenvalue weighted by atomic mass is 9.83. The van der Waals surface area contributed by atoms with E-state index in [-0.39, 0.29) is 31.3 Å². The number of hydrogen-bond acceptors (Lipinski definition) is 6. The van der Waals surface area contributed by atoms with E-state index in [1.54, 1.807) is 14.2 Å². The Morgan fingerprint density at radius 2 is 1.73 bits per heavy atom. The molecule has 6 heteroatoms. The molecular weight excluding hydrogens is 336 g/mol. The SMILES string of the molecule is COc1ccc([C@@H]2OC[C@@H](c3ccc4c(c3)OCO4)[C@H]2CO)cc1OC. The summed E-state index contributed by atoms with van der Waals surface area (Å²) < 4.78 is 27.6. The van der Waals surface area contributed by atoms with Crippen LogP contribution in [0.15, 0.2) is 36.4 Å². The van der Waals surface area contributed by atoms with Gasteiger partial charge in [-0.3, -0.25) is 0 Å². The number of hydrogen-bond donors (Lipinski definition) is 1. The van der Waals surface area contributed by atoms with Gasteiger partial charge in [0, 0.05) is 18.4 Å². The summed E-state index contributed by atoms with van der Waals surface area (Å²) in [7, 11) is 3.21. The molecule has 26 heavy (non-hydrogen) atoms. The van der Waals surface area contributed by atoms with Gasteiger partial charge in [-0.2, -0.15) is 0 Å². The number of rotatable bonds is 5. The molecule has 1 N–H and O–H groups in total. The molecule has 1 saturated heterocycles. The van der Waals surface area contributed by atoms with Gasteiger partial charge >= 0.3 is 0 Å². The van der Waals surface area contributed by atoms with E-state index >= 15 is 0 Å². The largest absolute Gasteiger partial charge is 0.493 e. The first-order valence-electron chi connectivity index (χ1n) is 8.59. The van der Waals surface area contributed by atoms with Crippen LogP contribution in [0.25, 0.3) is 0 Å². The number of fused-ring (bicyclic) bond motifs is 1. The minimum absolute atomic E-state index is 0.0259. The summed E-state index contributed by atoms with van der Waals surface area (Å²) >= 11 is 0. The summed E-state index contributed by atoms with van der Waals surface area (Å²) in [6.45, 7) is 0.805. The van der Waals surface area contributed by atoms with E-state index in [2.05, 4.69) is 0 Å². The fraction of sp³-hybridized carbons (Fsp3) is 0.400. The van der Waals surface area contributed by atoms with Crippen LogP contribution in [0.2, 0.25) is 0 Å². The van der Waals surface area contributed by atoms with Gasteiger partial charge in [0.25, 0.3) is 0 Å². The Labute approximate surface area is 152 Å². The van der Waals surface area contributed by atoms with Gasteiger partial charge in [0.1, 0.15) is 0 Å². The highest BCUT2D eigenvalue weighted by Gasteiger charge is 2.39. The molecule has 0 radical (unpaired) electrons. The summed E-state index contributed by atoms with van der Waals surface area (Å²) in [6.07, 6.45) is -0.213. The van der Waals surface area contributed by atoms with Crippen molar-refractivity contribution in [2.45, 2.75) is 12.0 Å². The topological polar surface area (TPSA) is 66.4 Å². The fourth-order valence-corrected chi connectivity index (χ4v) is 3.75. The lowest BCUT2D eigenvalue weighted by Crippen LogP contribution is -2.18. The smallest absolute Gasteiger partial charge is 0.231 e. The second kappa shape index (κ2) is 7.05. The average molecular weight is 358 g/mol. The monoisotopic (exact) mass is 358 g/mol. The van der Waals surface area contributed by atoms with E-state index < -0.39 is 0 Å². The van der Waals surface area contributed by atoms with Crippen molar-refractivity contribution in [2.75, 3.05) is 34.2 Å². The van der Waals surface area contributed by atoms with Crippen molar-refractivity contribution in [2.24, 2.45) is 5.92 Å². The molecule has 3 atom stereocenters. The zero-order valence-electron chi connectivity index (χ0n) is 14.8. The predicted molar refractivity (Wildman–Crippen MR) is 94.1 cm³/mol. The lowest BCUT2D eigenvalue weighted by Gasteiger charge is -2.22. The van der Waals surface area contributed by atoms with Crippen LogP contribution in [0.1, 0.15) is 23.1 Å². The predicted octanol–water partition coefficient (Wildman–Crippen LogP) is 2.90. The molecule has 6 nitrogen and oxygen atoms in total. The highest BCUT2D eigenvalue weighted by molar-refractivity contribution is 5.47. The van der Waals surface area contributed by atoms with Crippen LogP contribution in [0.3, 0.4) is 0 Å². The molecule has 0 unspecified atom stereocenters. The minimum atomic E-state index is -0.213. The third-order valence-corrected chi connectivity index (χ3v) is 5.13. The van der Waals surface area contributed by atoms with E-state index in [4.69, 9.17) is 23.7 Å². The maximum atomic E-state index is 10.1. The first-order valence-corrected chi connectivity index (χ1v) is 8.59. The van der Waals surface area contributed by atoms with Crippen LogP contribution >= 0.6 is 0 Å². The third-order valence-electron chi connectivity index (χ3n) is 5.13. The Kier molecular flexibility index (Phi) is 4.61. The van der Waals surface area contributed by atoms with Gasteiger partial charge in [0.2, 0.25) is 6.79 Å². The van der Waals surface area contributed by atoms with E-state index in [1.165, 1.54) is 0 Å². The van der Waals surface area contributed by atoms with Crippen LogP contribution in [0.4, 0.5) is 0 Å². The Bertz CT molecular complexity index is 790. The first kappa shape index (κ1) is 17.0. The fourth-order valence-electron chi connectivity index (χ4n) is 3.75. The Balaban J connectivity index is 1.62. The summed E-state index contributed by atoms with van der Waals surface area (Å²) in [5, 5.41) is 10.1. The van der Waals surface area contributed by atoms with E-state index in [1.807, 2.05) is 36.4 Å². The van der Waals surface area contributed by atoms with Crippen molar-refractivity contribution in [1.29, 1.82) is 0 Å². The van der Waals surface area contributed by atoms with Crippen molar-refractivity contribution in [3.63, 3.8) is 0 Å². The number of methoxy groups -OCH3 is 2. The van der Waals surface area contributed by atoms with Crippen molar-refractivity contribution in [3.8, 4) is 23.0 Å². The number of benzene rings is 2. The molecule has 0 saturated carbocycles. The first-order chi connectivity index (χ1) is 12.7. The zero-order chi connectivity index (χ0) is 18.1. The van der Waals surface area contributed by atoms with Crippen LogP contribution in [0.5, 0.6) is 23.0 Å². The molecule has 0 amide bonds. The molecule has 2 heterocycles. The molecule has 2 aliphatic rings. The molecule has 0 aliphatic carbocycles. The molecule has 2 aromatic carbocycles. The summed E-state index contributed by atoms with van der Waals surface area (Å²) in [4.78, 5) is 0. The number of aliphatic hydroxyl groups excluding tert-OH is 1. The second-order valence-electron chi connectivity index (χ2n) is 6.43. The van der Waals surface area contributed by atoms with E-state index in [9.17, 15) is 5.11 Å². The van der Waals surface area contributed by atoms with Crippen LogP contribution in [-0.4, -0.2) is 39.3 Å². The number of aliphatic hydroxyl groups is 1. The van der Waals surface area contributed by atoms with E-state index in [0.29, 0.717) is 18.1 Å². The molecule has 0 spiro atoms. The second-order valence-corrected chi connectivity index (χ2v) is 6.43. The molecule has 138 valence electrons.